The van der Waals surface area contributed by atoms with Crippen LogP contribution >= 0.6 is 24.2 Å². The molecule has 0 aromatic heterocycles. The van der Waals surface area contributed by atoms with Crippen LogP contribution in [-0.4, -0.2) is 36.5 Å². The molecule has 1 saturated heterocycles. The fraction of sp³-hybridized carbons (Fsp3) is 0.909. The van der Waals surface area contributed by atoms with Gasteiger partial charge in [0.1, 0.15) is 0 Å². The molecule has 0 spiro atoms. The van der Waals surface area contributed by atoms with Crippen molar-refractivity contribution in [2.75, 3.05) is 25.9 Å². The molecule has 0 aliphatic carbocycles. The van der Waals surface area contributed by atoms with E-state index in [9.17, 15) is 4.79 Å². The minimum atomic E-state index is 0. The first kappa shape index (κ1) is 16.1. The van der Waals surface area contributed by atoms with Crippen LogP contribution in [0, 0.1) is 0 Å². The Morgan fingerprint density at radius 2 is 2.25 bits per heavy atom. The molecule has 0 aromatic rings. The van der Waals surface area contributed by atoms with Gasteiger partial charge in [-0.2, -0.15) is 11.8 Å². The molecule has 1 heterocycles. The molecule has 3 nitrogen and oxygen atoms in total. The zero-order chi connectivity index (χ0) is 11.1. The number of halogens is 1. The second-order valence-electron chi connectivity index (χ2n) is 4.39. The zero-order valence-electron chi connectivity index (χ0n) is 10.2. The number of hydrogen-bond donors (Lipinski definition) is 2. The lowest BCUT2D eigenvalue weighted by molar-refractivity contribution is -0.121. The van der Waals surface area contributed by atoms with Crippen molar-refractivity contribution in [3.63, 3.8) is 0 Å². The van der Waals surface area contributed by atoms with Crippen LogP contribution in [0.5, 0.6) is 0 Å². The van der Waals surface area contributed by atoms with Crippen molar-refractivity contribution in [3.05, 3.63) is 0 Å². The molecule has 2 N–H and O–H groups in total. The number of rotatable bonds is 6. The van der Waals surface area contributed by atoms with E-state index in [0.29, 0.717) is 11.2 Å². The molecule has 5 heteroatoms. The molecule has 0 aromatic carbocycles. The predicted octanol–water partition coefficient (Wildman–Crippen LogP) is 1.81. The highest BCUT2D eigenvalue weighted by Gasteiger charge is 2.29. The SMILES string of the molecule is CNCCCC(=O)NCC1(C)CCCS1.Cl. The highest BCUT2D eigenvalue weighted by atomic mass is 35.5. The van der Waals surface area contributed by atoms with Gasteiger partial charge in [-0.3, -0.25) is 4.79 Å². The number of hydrogen-bond acceptors (Lipinski definition) is 3. The summed E-state index contributed by atoms with van der Waals surface area (Å²) in [5, 5.41) is 6.08. The molecule has 1 aliphatic heterocycles. The third-order valence-electron chi connectivity index (χ3n) is 2.79. The lowest BCUT2D eigenvalue weighted by Crippen LogP contribution is -2.36. The van der Waals surface area contributed by atoms with Crippen molar-refractivity contribution in [1.29, 1.82) is 0 Å². The molecule has 1 amide bonds. The molecule has 1 fully saturated rings. The van der Waals surface area contributed by atoms with Gasteiger partial charge in [-0.1, -0.05) is 0 Å². The summed E-state index contributed by atoms with van der Waals surface area (Å²) in [5.41, 5.74) is 0. The molecule has 1 rings (SSSR count). The topological polar surface area (TPSA) is 41.1 Å². The lowest BCUT2D eigenvalue weighted by Gasteiger charge is -2.22. The second kappa shape index (κ2) is 8.20. The van der Waals surface area contributed by atoms with Gasteiger partial charge in [0.05, 0.1) is 0 Å². The highest BCUT2D eigenvalue weighted by Crippen LogP contribution is 2.36. The van der Waals surface area contributed by atoms with Gasteiger partial charge in [0, 0.05) is 17.7 Å². The van der Waals surface area contributed by atoms with Crippen LogP contribution in [0.3, 0.4) is 0 Å². The molecule has 1 aliphatic rings. The van der Waals surface area contributed by atoms with Crippen LogP contribution in [0.15, 0.2) is 0 Å². The quantitative estimate of drug-likeness (QED) is 0.721. The first-order valence-corrected chi connectivity index (χ1v) is 6.70. The van der Waals surface area contributed by atoms with Crippen LogP contribution in [-0.2, 0) is 4.79 Å². The van der Waals surface area contributed by atoms with Crippen molar-refractivity contribution < 1.29 is 4.79 Å². The Bertz CT molecular complexity index is 208. The van der Waals surface area contributed by atoms with Crippen molar-refractivity contribution >= 4 is 30.1 Å². The van der Waals surface area contributed by atoms with E-state index in [1.165, 1.54) is 18.6 Å². The van der Waals surface area contributed by atoms with Gasteiger partial charge in [-0.25, -0.2) is 0 Å². The number of carbonyl (C=O) groups is 1. The lowest BCUT2D eigenvalue weighted by atomic mass is 10.1. The summed E-state index contributed by atoms with van der Waals surface area (Å²) in [6.07, 6.45) is 4.08. The van der Waals surface area contributed by atoms with Crippen molar-refractivity contribution in [1.82, 2.24) is 10.6 Å². The molecular formula is C11H23ClN2OS. The third kappa shape index (κ3) is 5.97. The van der Waals surface area contributed by atoms with Gasteiger partial charge < -0.3 is 10.6 Å². The van der Waals surface area contributed by atoms with Crippen LogP contribution in [0.25, 0.3) is 0 Å². The monoisotopic (exact) mass is 266 g/mol. The Labute approximate surface area is 109 Å². The van der Waals surface area contributed by atoms with Crippen LogP contribution in [0.1, 0.15) is 32.6 Å². The standard InChI is InChI=1S/C11H22N2OS.ClH/c1-11(6-4-8-15-11)9-13-10(14)5-3-7-12-2;/h12H,3-9H2,1-2H3,(H,13,14);1H. The van der Waals surface area contributed by atoms with E-state index in [2.05, 4.69) is 17.6 Å². The second-order valence-corrected chi connectivity index (χ2v) is 6.07. The van der Waals surface area contributed by atoms with E-state index < -0.39 is 0 Å². The summed E-state index contributed by atoms with van der Waals surface area (Å²) < 4.78 is 0.290. The van der Waals surface area contributed by atoms with E-state index in [1.807, 2.05) is 18.8 Å². The van der Waals surface area contributed by atoms with Crippen molar-refractivity contribution in [3.8, 4) is 0 Å². The normalized spacial score (nSPS) is 23.9. The van der Waals surface area contributed by atoms with Gasteiger partial charge in [-0.05, 0) is 45.5 Å². The summed E-state index contributed by atoms with van der Waals surface area (Å²) >= 11 is 1.99. The third-order valence-corrected chi connectivity index (χ3v) is 4.33. The van der Waals surface area contributed by atoms with Crippen LogP contribution < -0.4 is 10.6 Å². The summed E-state index contributed by atoms with van der Waals surface area (Å²) in [6.45, 7) is 3.99. The molecule has 0 bridgehead atoms. The number of thioether (sulfide) groups is 1. The fourth-order valence-corrected chi connectivity index (χ4v) is 3.02. The molecule has 96 valence electrons. The largest absolute Gasteiger partial charge is 0.355 e. The van der Waals surface area contributed by atoms with Gasteiger partial charge >= 0.3 is 0 Å². The first-order valence-electron chi connectivity index (χ1n) is 5.71. The smallest absolute Gasteiger partial charge is 0.220 e. The number of nitrogens with one attached hydrogen (secondary N) is 2. The Hall–Kier alpha value is 0.0700. The van der Waals surface area contributed by atoms with E-state index in [4.69, 9.17) is 0 Å². The molecule has 16 heavy (non-hydrogen) atoms. The maximum Gasteiger partial charge on any atom is 0.220 e. The Kier molecular flexibility index (Phi) is 8.24. The van der Waals surface area contributed by atoms with Crippen LogP contribution in [0.2, 0.25) is 0 Å². The Balaban J connectivity index is 0.00000225. The van der Waals surface area contributed by atoms with Gasteiger partial charge in [0.15, 0.2) is 0 Å². The van der Waals surface area contributed by atoms with Gasteiger partial charge in [0.25, 0.3) is 0 Å². The van der Waals surface area contributed by atoms with Crippen LogP contribution in [0.4, 0.5) is 0 Å². The summed E-state index contributed by atoms with van der Waals surface area (Å²) in [4.78, 5) is 11.5. The summed E-state index contributed by atoms with van der Waals surface area (Å²) in [7, 11) is 1.91. The molecular weight excluding hydrogens is 244 g/mol. The highest BCUT2D eigenvalue weighted by molar-refractivity contribution is 8.00. The fourth-order valence-electron chi connectivity index (χ4n) is 1.78. The zero-order valence-corrected chi connectivity index (χ0v) is 11.8. The Morgan fingerprint density at radius 1 is 1.50 bits per heavy atom. The van der Waals surface area contributed by atoms with Gasteiger partial charge in [0.2, 0.25) is 5.91 Å². The van der Waals surface area contributed by atoms with E-state index in [0.717, 1.165) is 19.5 Å². The first-order chi connectivity index (χ1) is 7.16. The van der Waals surface area contributed by atoms with E-state index >= 15 is 0 Å². The summed E-state index contributed by atoms with van der Waals surface area (Å²) in [6, 6.07) is 0. The van der Waals surface area contributed by atoms with E-state index in [-0.39, 0.29) is 18.3 Å². The average molecular weight is 267 g/mol. The Morgan fingerprint density at radius 3 is 2.81 bits per heavy atom. The molecule has 0 radical (unpaired) electrons. The van der Waals surface area contributed by atoms with Crippen molar-refractivity contribution in [2.24, 2.45) is 0 Å². The average Bonchev–Trinajstić information content (AvgIpc) is 2.64. The predicted molar refractivity (Wildman–Crippen MR) is 73.5 cm³/mol. The summed E-state index contributed by atoms with van der Waals surface area (Å²) in [5.74, 6) is 1.44. The van der Waals surface area contributed by atoms with Gasteiger partial charge in [-0.15, -0.1) is 12.4 Å². The van der Waals surface area contributed by atoms with E-state index in [1.54, 1.807) is 0 Å². The maximum atomic E-state index is 11.5. The maximum absolute atomic E-state index is 11.5. The van der Waals surface area contributed by atoms with Crippen molar-refractivity contribution in [2.45, 2.75) is 37.4 Å². The number of carbonyl (C=O) groups excluding carboxylic acids is 1. The molecule has 0 saturated carbocycles. The minimum absolute atomic E-state index is 0. The molecule has 1 atom stereocenters. The molecule has 1 unspecified atom stereocenters. The minimum Gasteiger partial charge on any atom is -0.355 e. The number of amides is 1.